The van der Waals surface area contributed by atoms with Gasteiger partial charge in [-0.2, -0.15) is 4.98 Å². The summed E-state index contributed by atoms with van der Waals surface area (Å²) in [6.07, 6.45) is 3.56. The number of nitrogens with one attached hydrogen (secondary N) is 1. The lowest BCUT2D eigenvalue weighted by atomic mass is 10.1. The molecule has 2 aromatic heterocycles. The zero-order valence-corrected chi connectivity index (χ0v) is 16.0. The van der Waals surface area contributed by atoms with Crippen LogP contribution in [-0.2, 0) is 0 Å². The number of amides is 1. The average Bonchev–Trinajstić information content (AvgIpc) is 3.52. The standard InChI is InChI=1S/C22H20N4O3/c1-28-19-7-3-2-5-16(19)20-24-21(29-25-20)18-6-4-12-26(18)22(27)15-9-8-14-10-11-23-17(14)13-15/h2-3,5,7-11,13,18,23H,4,6,12H2,1H3. The Morgan fingerprint density at radius 2 is 2.14 bits per heavy atom. The number of likely N-dealkylation sites (tertiary alicyclic amines) is 1. The first-order valence-electron chi connectivity index (χ1n) is 9.60. The number of nitrogens with zero attached hydrogens (tertiary/aromatic N) is 3. The van der Waals surface area contributed by atoms with Crippen molar-refractivity contribution in [2.45, 2.75) is 18.9 Å². The molecule has 1 fully saturated rings. The molecule has 0 radical (unpaired) electrons. The van der Waals surface area contributed by atoms with Crippen molar-refractivity contribution in [1.82, 2.24) is 20.0 Å². The zero-order valence-electron chi connectivity index (χ0n) is 16.0. The number of hydrogen-bond donors (Lipinski definition) is 1. The van der Waals surface area contributed by atoms with Gasteiger partial charge in [-0.1, -0.05) is 23.4 Å². The highest BCUT2D eigenvalue weighted by atomic mass is 16.5. The van der Waals surface area contributed by atoms with Crippen LogP contribution >= 0.6 is 0 Å². The zero-order chi connectivity index (χ0) is 19.8. The number of para-hydroxylation sites is 1. The van der Waals surface area contributed by atoms with Crippen LogP contribution in [0.2, 0.25) is 0 Å². The van der Waals surface area contributed by atoms with E-state index in [0.717, 1.165) is 29.3 Å². The molecule has 1 atom stereocenters. The first kappa shape index (κ1) is 17.5. The third kappa shape index (κ3) is 3.04. The number of H-pyrrole nitrogens is 1. The number of methoxy groups -OCH3 is 1. The van der Waals surface area contributed by atoms with E-state index in [1.54, 1.807) is 7.11 Å². The molecule has 3 heterocycles. The van der Waals surface area contributed by atoms with Gasteiger partial charge < -0.3 is 19.1 Å². The SMILES string of the molecule is COc1ccccc1-c1noc(C2CCCN2C(=O)c2ccc3cc[nH]c3c2)n1. The van der Waals surface area contributed by atoms with Gasteiger partial charge in [0.05, 0.1) is 12.7 Å². The predicted octanol–water partition coefficient (Wildman–Crippen LogP) is 4.20. The molecule has 1 saturated heterocycles. The number of ether oxygens (including phenoxy) is 1. The molecule has 1 amide bonds. The fraction of sp³-hybridized carbons (Fsp3) is 0.227. The third-order valence-corrected chi connectivity index (χ3v) is 5.39. The fourth-order valence-corrected chi connectivity index (χ4v) is 3.92. The van der Waals surface area contributed by atoms with Crippen molar-refractivity contribution in [3.8, 4) is 17.1 Å². The van der Waals surface area contributed by atoms with E-state index in [1.165, 1.54) is 0 Å². The quantitative estimate of drug-likeness (QED) is 0.566. The first-order valence-corrected chi connectivity index (χ1v) is 9.60. The molecule has 1 unspecified atom stereocenters. The molecule has 4 aromatic rings. The highest BCUT2D eigenvalue weighted by Crippen LogP contribution is 2.35. The Labute approximate surface area is 167 Å². The van der Waals surface area contributed by atoms with Crippen molar-refractivity contribution < 1.29 is 14.1 Å². The lowest BCUT2D eigenvalue weighted by Crippen LogP contribution is -2.30. The van der Waals surface area contributed by atoms with Crippen molar-refractivity contribution in [2.24, 2.45) is 0 Å². The molecule has 1 aliphatic heterocycles. The summed E-state index contributed by atoms with van der Waals surface area (Å²) in [7, 11) is 1.61. The monoisotopic (exact) mass is 388 g/mol. The molecule has 29 heavy (non-hydrogen) atoms. The number of aromatic amines is 1. The first-order chi connectivity index (χ1) is 14.2. The summed E-state index contributed by atoms with van der Waals surface area (Å²) >= 11 is 0. The molecule has 0 bridgehead atoms. The molecule has 146 valence electrons. The second-order valence-electron chi connectivity index (χ2n) is 7.09. The second kappa shape index (κ2) is 7.09. The van der Waals surface area contributed by atoms with E-state index in [0.29, 0.717) is 29.6 Å². The minimum Gasteiger partial charge on any atom is -0.496 e. The molecule has 0 aliphatic carbocycles. The van der Waals surface area contributed by atoms with E-state index >= 15 is 0 Å². The molecule has 0 spiro atoms. The minimum absolute atomic E-state index is 0.0268. The number of benzene rings is 2. The maximum absolute atomic E-state index is 13.2. The Morgan fingerprint density at radius 3 is 3.03 bits per heavy atom. The smallest absolute Gasteiger partial charge is 0.254 e. The maximum atomic E-state index is 13.2. The molecule has 0 saturated carbocycles. The average molecular weight is 388 g/mol. The molecule has 2 aromatic carbocycles. The summed E-state index contributed by atoms with van der Waals surface area (Å²) in [4.78, 5) is 22.7. The molecule has 7 heteroatoms. The highest BCUT2D eigenvalue weighted by molar-refractivity contribution is 5.98. The summed E-state index contributed by atoms with van der Waals surface area (Å²) in [5.74, 6) is 1.57. The van der Waals surface area contributed by atoms with Gasteiger partial charge in [0, 0.05) is 23.8 Å². The molecular weight excluding hydrogens is 368 g/mol. The van der Waals surface area contributed by atoms with Gasteiger partial charge in [-0.05, 0) is 48.6 Å². The molecule has 7 nitrogen and oxygen atoms in total. The number of aromatic nitrogens is 3. The van der Waals surface area contributed by atoms with E-state index in [1.807, 2.05) is 59.6 Å². The van der Waals surface area contributed by atoms with Crippen LogP contribution in [0, 0.1) is 0 Å². The Bertz CT molecular complexity index is 1180. The van der Waals surface area contributed by atoms with Crippen LogP contribution in [0.1, 0.15) is 35.1 Å². The van der Waals surface area contributed by atoms with Gasteiger partial charge >= 0.3 is 0 Å². The van der Waals surface area contributed by atoms with Gasteiger partial charge in [0.2, 0.25) is 11.7 Å². The Hall–Kier alpha value is -3.61. The van der Waals surface area contributed by atoms with Gasteiger partial charge in [-0.3, -0.25) is 4.79 Å². The predicted molar refractivity (Wildman–Crippen MR) is 108 cm³/mol. The Kier molecular flexibility index (Phi) is 4.27. The largest absolute Gasteiger partial charge is 0.496 e. The van der Waals surface area contributed by atoms with Crippen LogP contribution in [0.3, 0.4) is 0 Å². The van der Waals surface area contributed by atoms with E-state index in [4.69, 9.17) is 9.26 Å². The molecule has 1 aliphatic rings. The topological polar surface area (TPSA) is 84.3 Å². The number of carbonyl (C=O) groups excluding carboxylic acids is 1. The van der Waals surface area contributed by atoms with Crippen molar-refractivity contribution in [1.29, 1.82) is 0 Å². The summed E-state index contributed by atoms with van der Waals surface area (Å²) in [6, 6.07) is 15.0. The maximum Gasteiger partial charge on any atom is 0.254 e. The third-order valence-electron chi connectivity index (χ3n) is 5.39. The van der Waals surface area contributed by atoms with E-state index in [-0.39, 0.29) is 11.9 Å². The van der Waals surface area contributed by atoms with Crippen molar-refractivity contribution in [2.75, 3.05) is 13.7 Å². The number of rotatable bonds is 4. The van der Waals surface area contributed by atoms with E-state index in [9.17, 15) is 4.79 Å². The second-order valence-corrected chi connectivity index (χ2v) is 7.09. The summed E-state index contributed by atoms with van der Waals surface area (Å²) < 4.78 is 11.0. The van der Waals surface area contributed by atoms with Crippen molar-refractivity contribution >= 4 is 16.8 Å². The summed E-state index contributed by atoms with van der Waals surface area (Å²) in [6.45, 7) is 0.665. The van der Waals surface area contributed by atoms with E-state index in [2.05, 4.69) is 15.1 Å². The number of hydrogen-bond acceptors (Lipinski definition) is 5. The normalized spacial score (nSPS) is 16.4. The van der Waals surface area contributed by atoms with Crippen LogP contribution in [-0.4, -0.2) is 39.6 Å². The van der Waals surface area contributed by atoms with Crippen molar-refractivity contribution in [3.63, 3.8) is 0 Å². The van der Waals surface area contributed by atoms with Gasteiger partial charge in [-0.15, -0.1) is 0 Å². The Balaban J connectivity index is 1.43. The van der Waals surface area contributed by atoms with Crippen LogP contribution in [0.25, 0.3) is 22.3 Å². The van der Waals surface area contributed by atoms with Gasteiger partial charge in [0.25, 0.3) is 5.91 Å². The van der Waals surface area contributed by atoms with E-state index < -0.39 is 0 Å². The fourth-order valence-electron chi connectivity index (χ4n) is 3.92. The summed E-state index contributed by atoms with van der Waals surface area (Å²) in [5, 5.41) is 5.21. The van der Waals surface area contributed by atoms with Gasteiger partial charge in [0.1, 0.15) is 11.8 Å². The van der Waals surface area contributed by atoms with Crippen LogP contribution in [0.5, 0.6) is 5.75 Å². The molecular formula is C22H20N4O3. The number of fused-ring (bicyclic) bond motifs is 1. The number of carbonyl (C=O) groups is 1. The van der Waals surface area contributed by atoms with Crippen LogP contribution in [0.15, 0.2) is 59.3 Å². The molecule has 1 N–H and O–H groups in total. The Morgan fingerprint density at radius 1 is 1.24 bits per heavy atom. The summed E-state index contributed by atoms with van der Waals surface area (Å²) in [5.41, 5.74) is 2.36. The van der Waals surface area contributed by atoms with Gasteiger partial charge in [-0.25, -0.2) is 0 Å². The minimum atomic E-state index is -0.224. The molecule has 5 rings (SSSR count). The van der Waals surface area contributed by atoms with Crippen LogP contribution in [0.4, 0.5) is 0 Å². The van der Waals surface area contributed by atoms with Crippen LogP contribution < -0.4 is 4.74 Å². The van der Waals surface area contributed by atoms with Crippen molar-refractivity contribution in [3.05, 3.63) is 66.2 Å². The van der Waals surface area contributed by atoms with Gasteiger partial charge in [0.15, 0.2) is 0 Å². The lowest BCUT2D eigenvalue weighted by Gasteiger charge is -2.22. The highest BCUT2D eigenvalue weighted by Gasteiger charge is 2.35. The lowest BCUT2D eigenvalue weighted by molar-refractivity contribution is 0.0710.